The second kappa shape index (κ2) is 4.49. The summed E-state index contributed by atoms with van der Waals surface area (Å²) in [4.78, 5) is 3.96. The number of pyridine rings is 1. The van der Waals surface area contributed by atoms with Crippen LogP contribution in [0.15, 0.2) is 30.5 Å². The van der Waals surface area contributed by atoms with Crippen LogP contribution < -0.4 is 5.73 Å². The van der Waals surface area contributed by atoms with Crippen LogP contribution >= 0.6 is 0 Å². The van der Waals surface area contributed by atoms with Crippen molar-refractivity contribution in [3.05, 3.63) is 58.8 Å². The standard InChI is InChI=1S/C13H12F2N2/c1-8-4-5-17-13(16)11(8)6-9-2-3-10(14)7-12(9)15/h2-5,7H,6H2,1H3,(H2,16,17). The van der Waals surface area contributed by atoms with E-state index < -0.39 is 11.6 Å². The first-order valence-corrected chi connectivity index (χ1v) is 5.22. The molecule has 0 saturated carbocycles. The molecule has 0 bridgehead atoms. The van der Waals surface area contributed by atoms with Crippen LogP contribution in [-0.2, 0) is 6.42 Å². The Morgan fingerprint density at radius 3 is 2.65 bits per heavy atom. The van der Waals surface area contributed by atoms with Crippen molar-refractivity contribution >= 4 is 5.82 Å². The number of hydrogen-bond acceptors (Lipinski definition) is 2. The molecule has 17 heavy (non-hydrogen) atoms. The second-order valence-electron chi connectivity index (χ2n) is 3.90. The quantitative estimate of drug-likeness (QED) is 0.867. The van der Waals surface area contributed by atoms with Crippen LogP contribution in [0.4, 0.5) is 14.6 Å². The van der Waals surface area contributed by atoms with Crippen LogP contribution in [0.2, 0.25) is 0 Å². The summed E-state index contributed by atoms with van der Waals surface area (Å²) in [6, 6.07) is 5.35. The molecule has 0 aliphatic heterocycles. The maximum absolute atomic E-state index is 13.5. The van der Waals surface area contributed by atoms with Crippen LogP contribution in [0.1, 0.15) is 16.7 Å². The number of nitrogens with zero attached hydrogens (tertiary/aromatic N) is 1. The number of benzene rings is 1. The van der Waals surface area contributed by atoms with Gasteiger partial charge in [-0.25, -0.2) is 13.8 Å². The van der Waals surface area contributed by atoms with Gasteiger partial charge in [-0.15, -0.1) is 0 Å². The molecule has 0 spiro atoms. The van der Waals surface area contributed by atoms with E-state index in [2.05, 4.69) is 4.98 Å². The first kappa shape index (κ1) is 11.5. The lowest BCUT2D eigenvalue weighted by molar-refractivity contribution is 0.574. The summed E-state index contributed by atoms with van der Waals surface area (Å²) < 4.78 is 26.3. The zero-order valence-corrected chi connectivity index (χ0v) is 9.37. The summed E-state index contributed by atoms with van der Waals surface area (Å²) in [6.45, 7) is 1.88. The van der Waals surface area contributed by atoms with Gasteiger partial charge in [0.15, 0.2) is 0 Å². The molecule has 0 saturated heterocycles. The number of nitrogens with two attached hydrogens (primary N) is 1. The van der Waals surface area contributed by atoms with Gasteiger partial charge < -0.3 is 5.73 Å². The van der Waals surface area contributed by atoms with Crippen molar-refractivity contribution in [3.63, 3.8) is 0 Å². The maximum atomic E-state index is 13.5. The number of aromatic nitrogens is 1. The van der Waals surface area contributed by atoms with E-state index in [0.717, 1.165) is 17.2 Å². The molecule has 0 fully saturated rings. The van der Waals surface area contributed by atoms with E-state index in [4.69, 9.17) is 5.73 Å². The summed E-state index contributed by atoms with van der Waals surface area (Å²) >= 11 is 0. The molecule has 0 aliphatic rings. The maximum Gasteiger partial charge on any atom is 0.129 e. The van der Waals surface area contributed by atoms with E-state index in [9.17, 15) is 8.78 Å². The normalized spacial score (nSPS) is 10.5. The Morgan fingerprint density at radius 2 is 2.00 bits per heavy atom. The number of aryl methyl sites for hydroxylation is 1. The fourth-order valence-electron chi connectivity index (χ4n) is 1.70. The molecule has 1 aromatic carbocycles. The van der Waals surface area contributed by atoms with Crippen LogP contribution in [-0.4, -0.2) is 4.98 Å². The lowest BCUT2D eigenvalue weighted by atomic mass is 10.0. The Balaban J connectivity index is 2.38. The molecule has 1 aromatic heterocycles. The molecule has 0 amide bonds. The number of hydrogen-bond donors (Lipinski definition) is 1. The Kier molecular flexibility index (Phi) is 3.04. The van der Waals surface area contributed by atoms with E-state index in [1.165, 1.54) is 12.1 Å². The van der Waals surface area contributed by atoms with Crippen molar-refractivity contribution in [1.29, 1.82) is 0 Å². The minimum absolute atomic E-state index is 0.317. The van der Waals surface area contributed by atoms with Crippen molar-refractivity contribution in [1.82, 2.24) is 4.98 Å². The average molecular weight is 234 g/mol. The molecule has 4 heteroatoms. The van der Waals surface area contributed by atoms with Crippen molar-refractivity contribution in [2.75, 3.05) is 5.73 Å². The fraction of sp³-hybridized carbons (Fsp3) is 0.154. The molecule has 1 heterocycles. The fourth-order valence-corrected chi connectivity index (χ4v) is 1.70. The van der Waals surface area contributed by atoms with E-state index >= 15 is 0 Å². The third-order valence-corrected chi connectivity index (χ3v) is 2.71. The van der Waals surface area contributed by atoms with Crippen LogP contribution in [0.25, 0.3) is 0 Å². The summed E-state index contributed by atoms with van der Waals surface area (Å²) in [5, 5.41) is 0. The third kappa shape index (κ3) is 2.41. The van der Waals surface area contributed by atoms with Gasteiger partial charge >= 0.3 is 0 Å². The summed E-state index contributed by atoms with van der Waals surface area (Å²) in [6.07, 6.45) is 1.92. The molecule has 0 unspecified atom stereocenters. The first-order chi connectivity index (χ1) is 8.08. The highest BCUT2D eigenvalue weighted by atomic mass is 19.1. The highest BCUT2D eigenvalue weighted by Gasteiger charge is 2.09. The minimum atomic E-state index is -0.581. The molecule has 88 valence electrons. The molecule has 2 rings (SSSR count). The monoisotopic (exact) mass is 234 g/mol. The van der Waals surface area contributed by atoms with Crippen LogP contribution in [0.3, 0.4) is 0 Å². The van der Waals surface area contributed by atoms with E-state index in [1.54, 1.807) is 6.20 Å². The lowest BCUT2D eigenvalue weighted by Crippen LogP contribution is -2.02. The molecule has 0 aliphatic carbocycles. The summed E-state index contributed by atoms with van der Waals surface area (Å²) in [5.74, 6) is -0.761. The topological polar surface area (TPSA) is 38.9 Å². The zero-order chi connectivity index (χ0) is 12.4. The van der Waals surface area contributed by atoms with Crippen LogP contribution in [0, 0.1) is 18.6 Å². The predicted octanol–water partition coefficient (Wildman–Crippen LogP) is 2.84. The summed E-state index contributed by atoms with van der Waals surface area (Å²) in [5.41, 5.74) is 7.87. The van der Waals surface area contributed by atoms with Crippen molar-refractivity contribution in [3.8, 4) is 0 Å². The number of nitrogen functional groups attached to an aromatic ring is 1. The van der Waals surface area contributed by atoms with Crippen LogP contribution in [0.5, 0.6) is 0 Å². The molecule has 0 radical (unpaired) electrons. The van der Waals surface area contributed by atoms with Gasteiger partial charge in [0, 0.05) is 24.2 Å². The van der Waals surface area contributed by atoms with Crippen molar-refractivity contribution < 1.29 is 8.78 Å². The number of halogens is 2. The molecule has 2 nitrogen and oxygen atoms in total. The molecular formula is C13H12F2N2. The predicted molar refractivity (Wildman–Crippen MR) is 62.6 cm³/mol. The summed E-state index contributed by atoms with van der Waals surface area (Å²) in [7, 11) is 0. The smallest absolute Gasteiger partial charge is 0.129 e. The third-order valence-electron chi connectivity index (χ3n) is 2.71. The highest BCUT2D eigenvalue weighted by Crippen LogP contribution is 2.20. The van der Waals surface area contributed by atoms with Gasteiger partial charge in [0.05, 0.1) is 0 Å². The molecule has 2 N–H and O–H groups in total. The average Bonchev–Trinajstić information content (AvgIpc) is 2.26. The Hall–Kier alpha value is -1.97. The minimum Gasteiger partial charge on any atom is -0.383 e. The molecular weight excluding hydrogens is 222 g/mol. The number of rotatable bonds is 2. The van der Waals surface area contributed by atoms with E-state index in [-0.39, 0.29) is 0 Å². The SMILES string of the molecule is Cc1ccnc(N)c1Cc1ccc(F)cc1F. The zero-order valence-electron chi connectivity index (χ0n) is 9.37. The van der Waals surface area contributed by atoms with Gasteiger partial charge in [-0.2, -0.15) is 0 Å². The Morgan fingerprint density at radius 1 is 1.24 bits per heavy atom. The Labute approximate surface area is 98.1 Å². The van der Waals surface area contributed by atoms with Gasteiger partial charge in [-0.05, 0) is 30.2 Å². The second-order valence-corrected chi connectivity index (χ2v) is 3.90. The van der Waals surface area contributed by atoms with Crippen molar-refractivity contribution in [2.45, 2.75) is 13.3 Å². The van der Waals surface area contributed by atoms with Gasteiger partial charge in [-0.3, -0.25) is 0 Å². The van der Waals surface area contributed by atoms with Gasteiger partial charge in [-0.1, -0.05) is 6.07 Å². The van der Waals surface area contributed by atoms with Crippen molar-refractivity contribution in [2.24, 2.45) is 0 Å². The van der Waals surface area contributed by atoms with Gasteiger partial charge in [0.25, 0.3) is 0 Å². The first-order valence-electron chi connectivity index (χ1n) is 5.22. The molecule has 2 aromatic rings. The Bertz CT molecular complexity index is 533. The molecule has 0 atom stereocenters. The van der Waals surface area contributed by atoms with E-state index in [1.807, 2.05) is 13.0 Å². The largest absolute Gasteiger partial charge is 0.383 e. The van der Waals surface area contributed by atoms with Gasteiger partial charge in [0.1, 0.15) is 17.5 Å². The highest BCUT2D eigenvalue weighted by molar-refractivity contribution is 5.46. The van der Waals surface area contributed by atoms with E-state index in [0.29, 0.717) is 17.8 Å². The lowest BCUT2D eigenvalue weighted by Gasteiger charge is -2.09. The van der Waals surface area contributed by atoms with Gasteiger partial charge in [0.2, 0.25) is 0 Å². The number of anilines is 1.